The van der Waals surface area contributed by atoms with Gasteiger partial charge in [0.1, 0.15) is 17.4 Å². The summed E-state index contributed by atoms with van der Waals surface area (Å²) in [6.07, 6.45) is 1.64. The second-order valence-corrected chi connectivity index (χ2v) is 10.0. The van der Waals surface area contributed by atoms with Crippen molar-refractivity contribution in [3.8, 4) is 11.5 Å². The number of hydrogen-bond acceptors (Lipinski definition) is 8. The minimum Gasteiger partial charge on any atom is -0.454 e. The Morgan fingerprint density at radius 3 is 2.43 bits per heavy atom. The number of nitrogens with zero attached hydrogens (tertiary/aromatic N) is 6. The van der Waals surface area contributed by atoms with Crippen LogP contribution in [0.15, 0.2) is 53.2 Å². The molecule has 2 aromatic heterocycles. The summed E-state index contributed by atoms with van der Waals surface area (Å²) in [5.41, 5.74) is 3.73. The molecular formula is C27H28N6O3S. The topological polar surface area (TPSA) is 70.3 Å². The molecule has 3 aliphatic rings. The van der Waals surface area contributed by atoms with Crippen LogP contribution in [0.3, 0.4) is 0 Å². The normalized spacial score (nSPS) is 18.2. The number of aromatic nitrogens is 2. The van der Waals surface area contributed by atoms with Crippen LogP contribution < -0.4 is 14.4 Å². The average Bonchev–Trinajstić information content (AvgIpc) is 3.57. The fraction of sp³-hybridized carbons (Fsp3) is 0.370. The molecule has 2 saturated heterocycles. The third-order valence-corrected chi connectivity index (χ3v) is 7.99. The van der Waals surface area contributed by atoms with Crippen LogP contribution in [0.2, 0.25) is 0 Å². The second kappa shape index (κ2) is 9.35. The molecule has 0 saturated carbocycles. The molecule has 0 unspecified atom stereocenters. The molecule has 0 radical (unpaired) electrons. The Bertz CT molecular complexity index is 1460. The summed E-state index contributed by atoms with van der Waals surface area (Å²) in [5, 5.41) is 1.98. The van der Waals surface area contributed by atoms with Gasteiger partial charge in [0.25, 0.3) is 0 Å². The molecule has 0 spiro atoms. The predicted molar refractivity (Wildman–Crippen MR) is 145 cm³/mol. The first-order chi connectivity index (χ1) is 18.2. The molecule has 0 aliphatic carbocycles. The number of furan rings is 1. The molecule has 2 aromatic carbocycles. The molecule has 0 bridgehead atoms. The molecule has 7 rings (SSSR count). The highest BCUT2D eigenvalue weighted by molar-refractivity contribution is 7.80. The lowest BCUT2D eigenvalue weighted by molar-refractivity contribution is 0.164. The Hall–Kier alpha value is -3.63. The van der Waals surface area contributed by atoms with Gasteiger partial charge in [0.15, 0.2) is 28.0 Å². The average molecular weight is 517 g/mol. The maximum Gasteiger partial charge on any atom is 0.231 e. The molecule has 0 amide bonds. The van der Waals surface area contributed by atoms with Crippen LogP contribution in [-0.2, 0) is 6.54 Å². The maximum atomic E-state index is 6.15. The SMILES string of the molecule is S=C(N1CCN(Cc2ccc3c(c2)OCO3)CC1)N1CCN(c2ncnc3c2oc2ccccc23)CC1. The summed E-state index contributed by atoms with van der Waals surface area (Å²) in [6, 6.07) is 14.2. The lowest BCUT2D eigenvalue weighted by Gasteiger charge is -2.42. The monoisotopic (exact) mass is 516 g/mol. The van der Waals surface area contributed by atoms with Crippen molar-refractivity contribution in [2.24, 2.45) is 0 Å². The van der Waals surface area contributed by atoms with E-state index in [9.17, 15) is 0 Å². The first-order valence-corrected chi connectivity index (χ1v) is 13.2. The number of para-hydroxylation sites is 1. The van der Waals surface area contributed by atoms with Crippen LogP contribution in [-0.4, -0.2) is 88.9 Å². The van der Waals surface area contributed by atoms with E-state index in [2.05, 4.69) is 41.7 Å². The highest BCUT2D eigenvalue weighted by Crippen LogP contribution is 2.34. The fourth-order valence-electron chi connectivity index (χ4n) is 5.44. The second-order valence-electron chi connectivity index (χ2n) is 9.68. The van der Waals surface area contributed by atoms with Gasteiger partial charge in [0.2, 0.25) is 6.79 Å². The minimum atomic E-state index is 0.312. The van der Waals surface area contributed by atoms with Crippen molar-refractivity contribution in [1.82, 2.24) is 24.7 Å². The van der Waals surface area contributed by atoms with Crippen molar-refractivity contribution in [2.45, 2.75) is 6.54 Å². The number of benzene rings is 2. The number of piperazine rings is 2. The first kappa shape index (κ1) is 22.6. The summed E-state index contributed by atoms with van der Waals surface area (Å²) in [6.45, 7) is 8.48. The number of thiocarbonyl (C=S) groups is 1. The molecule has 190 valence electrons. The number of hydrogen-bond donors (Lipinski definition) is 0. The lowest BCUT2D eigenvalue weighted by Crippen LogP contribution is -2.56. The van der Waals surface area contributed by atoms with Crippen LogP contribution in [0.25, 0.3) is 22.1 Å². The summed E-state index contributed by atoms with van der Waals surface area (Å²) in [4.78, 5) is 18.5. The van der Waals surface area contributed by atoms with Crippen molar-refractivity contribution in [3.05, 3.63) is 54.4 Å². The van der Waals surface area contributed by atoms with Crippen LogP contribution in [0.4, 0.5) is 5.82 Å². The molecule has 10 heteroatoms. The van der Waals surface area contributed by atoms with E-state index in [1.165, 1.54) is 5.56 Å². The zero-order chi connectivity index (χ0) is 24.8. The molecule has 3 aliphatic heterocycles. The van der Waals surface area contributed by atoms with Gasteiger partial charge in [-0.2, -0.15) is 0 Å². The number of ether oxygens (including phenoxy) is 2. The number of rotatable bonds is 3. The van der Waals surface area contributed by atoms with Crippen LogP contribution >= 0.6 is 12.2 Å². The van der Waals surface area contributed by atoms with E-state index in [1.807, 2.05) is 30.3 Å². The Labute approximate surface area is 220 Å². The molecule has 0 N–H and O–H groups in total. The summed E-state index contributed by atoms with van der Waals surface area (Å²) in [5.74, 6) is 2.55. The molecule has 4 aromatic rings. The quantitative estimate of drug-likeness (QED) is 0.379. The van der Waals surface area contributed by atoms with Gasteiger partial charge >= 0.3 is 0 Å². The largest absolute Gasteiger partial charge is 0.454 e. The van der Waals surface area contributed by atoms with Crippen molar-refractivity contribution < 1.29 is 13.9 Å². The summed E-state index contributed by atoms with van der Waals surface area (Å²) in [7, 11) is 0. The van der Waals surface area contributed by atoms with Crippen molar-refractivity contribution >= 4 is 45.2 Å². The molecular weight excluding hydrogens is 488 g/mol. The third kappa shape index (κ3) is 4.19. The maximum absolute atomic E-state index is 6.15. The smallest absolute Gasteiger partial charge is 0.231 e. The molecule has 0 atom stereocenters. The van der Waals surface area contributed by atoms with E-state index in [1.54, 1.807) is 6.33 Å². The summed E-state index contributed by atoms with van der Waals surface area (Å²) >= 11 is 5.93. The van der Waals surface area contributed by atoms with E-state index in [4.69, 9.17) is 26.1 Å². The fourth-order valence-corrected chi connectivity index (χ4v) is 5.81. The van der Waals surface area contributed by atoms with Gasteiger partial charge in [0, 0.05) is 64.3 Å². The van der Waals surface area contributed by atoms with Crippen LogP contribution in [0.1, 0.15) is 5.56 Å². The lowest BCUT2D eigenvalue weighted by atomic mass is 10.1. The van der Waals surface area contributed by atoms with Crippen molar-refractivity contribution in [2.75, 3.05) is 64.1 Å². The van der Waals surface area contributed by atoms with E-state index in [0.717, 1.165) is 103 Å². The van der Waals surface area contributed by atoms with Crippen LogP contribution in [0.5, 0.6) is 11.5 Å². The van der Waals surface area contributed by atoms with E-state index in [0.29, 0.717) is 6.79 Å². The van der Waals surface area contributed by atoms with Crippen molar-refractivity contribution in [3.63, 3.8) is 0 Å². The van der Waals surface area contributed by atoms with E-state index >= 15 is 0 Å². The van der Waals surface area contributed by atoms with Gasteiger partial charge in [-0.25, -0.2) is 9.97 Å². The third-order valence-electron chi connectivity index (χ3n) is 7.47. The van der Waals surface area contributed by atoms with Gasteiger partial charge in [0.05, 0.1) is 0 Å². The van der Waals surface area contributed by atoms with Crippen molar-refractivity contribution in [1.29, 1.82) is 0 Å². The molecule has 9 nitrogen and oxygen atoms in total. The Morgan fingerprint density at radius 1 is 0.838 bits per heavy atom. The van der Waals surface area contributed by atoms with Gasteiger partial charge in [-0.3, -0.25) is 4.90 Å². The highest BCUT2D eigenvalue weighted by Gasteiger charge is 2.27. The number of anilines is 1. The molecule has 5 heterocycles. The Kier molecular flexibility index (Phi) is 5.70. The van der Waals surface area contributed by atoms with Gasteiger partial charge in [-0.05, 0) is 42.0 Å². The summed E-state index contributed by atoms with van der Waals surface area (Å²) < 4.78 is 17.1. The molecule has 37 heavy (non-hydrogen) atoms. The van der Waals surface area contributed by atoms with Crippen LogP contribution in [0, 0.1) is 0 Å². The van der Waals surface area contributed by atoms with Gasteiger partial charge in [-0.15, -0.1) is 0 Å². The zero-order valence-electron chi connectivity index (χ0n) is 20.5. The minimum absolute atomic E-state index is 0.312. The van der Waals surface area contributed by atoms with E-state index in [-0.39, 0.29) is 0 Å². The molecule has 2 fully saturated rings. The predicted octanol–water partition coefficient (Wildman–Crippen LogP) is 3.33. The first-order valence-electron chi connectivity index (χ1n) is 12.7. The highest BCUT2D eigenvalue weighted by atomic mass is 32.1. The Morgan fingerprint density at radius 2 is 1.59 bits per heavy atom. The zero-order valence-corrected chi connectivity index (χ0v) is 21.3. The van der Waals surface area contributed by atoms with Gasteiger partial charge in [-0.1, -0.05) is 18.2 Å². The standard InChI is InChI=1S/C27H28N6O3S/c37-27(32-9-7-30(8-10-32)16-19-5-6-22-23(15-19)35-18-34-22)33-13-11-31(12-14-33)26-25-24(28-17-29-26)20-3-1-2-4-21(20)36-25/h1-6,15,17H,7-14,16,18H2. The number of fused-ring (bicyclic) bond motifs is 4. The Balaban J connectivity index is 0.953. The van der Waals surface area contributed by atoms with Gasteiger partial charge < -0.3 is 28.6 Å². The van der Waals surface area contributed by atoms with E-state index < -0.39 is 0 Å².